The molecule has 0 radical (unpaired) electrons. The van der Waals surface area contributed by atoms with Gasteiger partial charge in [0.15, 0.2) is 0 Å². The Morgan fingerprint density at radius 2 is 1.76 bits per heavy atom. The standard InChI is InChI=1S/C15H12BrF4N/c1-8-4-9(6-11(17)5-8)14(21)12-3-2-10(16)7-13(12)15(18,19)20/h2-7,14H,21H2,1H3. The van der Waals surface area contributed by atoms with Crippen LogP contribution in [-0.2, 0) is 6.18 Å². The van der Waals surface area contributed by atoms with Crippen LogP contribution in [0.5, 0.6) is 0 Å². The first-order valence-corrected chi connectivity index (χ1v) is 6.87. The van der Waals surface area contributed by atoms with Gasteiger partial charge in [0.05, 0.1) is 11.6 Å². The number of alkyl halides is 3. The lowest BCUT2D eigenvalue weighted by molar-refractivity contribution is -0.138. The Morgan fingerprint density at radius 3 is 2.33 bits per heavy atom. The monoisotopic (exact) mass is 361 g/mol. The fourth-order valence-corrected chi connectivity index (χ4v) is 2.53. The lowest BCUT2D eigenvalue weighted by Gasteiger charge is -2.19. The maximum atomic E-state index is 13.4. The highest BCUT2D eigenvalue weighted by Crippen LogP contribution is 2.37. The first-order chi connectivity index (χ1) is 9.68. The number of nitrogens with two attached hydrogens (primary N) is 1. The molecule has 1 unspecified atom stereocenters. The van der Waals surface area contributed by atoms with Crippen LogP contribution in [0.1, 0.15) is 28.3 Å². The molecule has 21 heavy (non-hydrogen) atoms. The molecular formula is C15H12BrF4N. The highest BCUT2D eigenvalue weighted by molar-refractivity contribution is 9.10. The van der Waals surface area contributed by atoms with E-state index >= 15 is 0 Å². The Balaban J connectivity index is 2.55. The van der Waals surface area contributed by atoms with Crippen molar-refractivity contribution in [3.05, 3.63) is 68.9 Å². The van der Waals surface area contributed by atoms with Crippen LogP contribution in [-0.4, -0.2) is 0 Å². The summed E-state index contributed by atoms with van der Waals surface area (Å²) in [5.41, 5.74) is 5.91. The summed E-state index contributed by atoms with van der Waals surface area (Å²) >= 11 is 3.02. The highest BCUT2D eigenvalue weighted by Gasteiger charge is 2.35. The van der Waals surface area contributed by atoms with Crippen molar-refractivity contribution in [2.75, 3.05) is 0 Å². The molecule has 2 N–H and O–H groups in total. The minimum atomic E-state index is -4.53. The molecule has 0 amide bonds. The summed E-state index contributed by atoms with van der Waals surface area (Å²) in [5.74, 6) is -0.522. The summed E-state index contributed by atoms with van der Waals surface area (Å²) in [6, 6.07) is 6.73. The second-order valence-corrected chi connectivity index (χ2v) is 5.68. The van der Waals surface area contributed by atoms with Gasteiger partial charge in [-0.25, -0.2) is 4.39 Å². The van der Waals surface area contributed by atoms with Crippen molar-refractivity contribution in [2.24, 2.45) is 5.73 Å². The van der Waals surface area contributed by atoms with Crippen LogP contribution in [0.25, 0.3) is 0 Å². The van der Waals surface area contributed by atoms with Crippen LogP contribution in [0, 0.1) is 12.7 Å². The molecule has 0 aromatic heterocycles. The van der Waals surface area contributed by atoms with Gasteiger partial charge in [0.25, 0.3) is 0 Å². The van der Waals surface area contributed by atoms with E-state index in [1.54, 1.807) is 13.0 Å². The van der Waals surface area contributed by atoms with E-state index in [9.17, 15) is 17.6 Å². The van der Waals surface area contributed by atoms with Crippen molar-refractivity contribution in [2.45, 2.75) is 19.1 Å². The molecule has 0 heterocycles. The van der Waals surface area contributed by atoms with E-state index in [4.69, 9.17) is 5.73 Å². The van der Waals surface area contributed by atoms with Gasteiger partial charge in [-0.05, 0) is 47.9 Å². The number of aryl methyl sites for hydroxylation is 1. The molecule has 0 fully saturated rings. The number of hydrogen-bond acceptors (Lipinski definition) is 1. The van der Waals surface area contributed by atoms with Crippen molar-refractivity contribution in [3.63, 3.8) is 0 Å². The van der Waals surface area contributed by atoms with Gasteiger partial charge in [-0.15, -0.1) is 0 Å². The summed E-state index contributed by atoms with van der Waals surface area (Å²) in [4.78, 5) is 0. The summed E-state index contributed by atoms with van der Waals surface area (Å²) in [7, 11) is 0. The minimum Gasteiger partial charge on any atom is -0.320 e. The van der Waals surface area contributed by atoms with Gasteiger partial charge in [0.1, 0.15) is 5.82 Å². The average Bonchev–Trinajstić information content (AvgIpc) is 2.35. The van der Waals surface area contributed by atoms with E-state index in [2.05, 4.69) is 15.9 Å². The molecule has 0 bridgehead atoms. The Labute approximate surface area is 127 Å². The van der Waals surface area contributed by atoms with Crippen molar-refractivity contribution in [1.29, 1.82) is 0 Å². The van der Waals surface area contributed by atoms with E-state index in [1.807, 2.05) is 0 Å². The molecule has 0 aliphatic rings. The van der Waals surface area contributed by atoms with Crippen molar-refractivity contribution in [1.82, 2.24) is 0 Å². The molecule has 2 rings (SSSR count). The first-order valence-electron chi connectivity index (χ1n) is 6.08. The zero-order valence-corrected chi connectivity index (χ0v) is 12.6. The molecule has 0 aliphatic carbocycles. The Hall–Kier alpha value is -1.40. The third-order valence-electron chi connectivity index (χ3n) is 3.08. The van der Waals surface area contributed by atoms with Crippen LogP contribution >= 0.6 is 15.9 Å². The molecule has 0 saturated heterocycles. The smallest absolute Gasteiger partial charge is 0.320 e. The Bertz CT molecular complexity index is 647. The summed E-state index contributed by atoms with van der Waals surface area (Å²) in [6.45, 7) is 1.66. The molecule has 2 aromatic rings. The molecular weight excluding hydrogens is 350 g/mol. The zero-order valence-electron chi connectivity index (χ0n) is 11.0. The van der Waals surface area contributed by atoms with E-state index in [-0.39, 0.29) is 5.56 Å². The molecule has 0 spiro atoms. The van der Waals surface area contributed by atoms with Gasteiger partial charge in [-0.1, -0.05) is 28.1 Å². The van der Waals surface area contributed by atoms with Gasteiger partial charge < -0.3 is 5.73 Å². The van der Waals surface area contributed by atoms with Gasteiger partial charge in [-0.2, -0.15) is 13.2 Å². The fraction of sp³-hybridized carbons (Fsp3) is 0.200. The summed E-state index contributed by atoms with van der Waals surface area (Å²) < 4.78 is 53.1. The van der Waals surface area contributed by atoms with Gasteiger partial charge in [0, 0.05) is 4.47 Å². The predicted octanol–water partition coefficient (Wildman–Crippen LogP) is 4.96. The van der Waals surface area contributed by atoms with Crippen LogP contribution in [0.2, 0.25) is 0 Å². The number of rotatable bonds is 2. The topological polar surface area (TPSA) is 26.0 Å². The summed E-state index contributed by atoms with van der Waals surface area (Å²) in [5, 5.41) is 0. The number of benzene rings is 2. The normalized spacial score (nSPS) is 13.3. The number of hydrogen-bond donors (Lipinski definition) is 1. The molecule has 0 aliphatic heterocycles. The van der Waals surface area contributed by atoms with Crippen molar-refractivity contribution in [3.8, 4) is 0 Å². The van der Waals surface area contributed by atoms with Crippen molar-refractivity contribution < 1.29 is 17.6 Å². The predicted molar refractivity (Wildman–Crippen MR) is 76.3 cm³/mol. The van der Waals surface area contributed by atoms with Gasteiger partial charge >= 0.3 is 6.18 Å². The van der Waals surface area contributed by atoms with Crippen LogP contribution in [0.4, 0.5) is 17.6 Å². The van der Waals surface area contributed by atoms with Gasteiger partial charge in [-0.3, -0.25) is 0 Å². The summed E-state index contributed by atoms with van der Waals surface area (Å²) in [6.07, 6.45) is -4.53. The largest absolute Gasteiger partial charge is 0.416 e. The number of halogens is 5. The van der Waals surface area contributed by atoms with Crippen LogP contribution < -0.4 is 5.73 Å². The maximum Gasteiger partial charge on any atom is 0.416 e. The SMILES string of the molecule is Cc1cc(F)cc(C(N)c2ccc(Br)cc2C(F)(F)F)c1. The van der Waals surface area contributed by atoms with E-state index < -0.39 is 23.6 Å². The van der Waals surface area contributed by atoms with E-state index in [0.29, 0.717) is 15.6 Å². The molecule has 2 aromatic carbocycles. The Morgan fingerprint density at radius 1 is 1.10 bits per heavy atom. The Kier molecular flexibility index (Phi) is 4.39. The fourth-order valence-electron chi connectivity index (χ4n) is 2.17. The molecule has 1 atom stereocenters. The first kappa shape index (κ1) is 16.0. The van der Waals surface area contributed by atoms with E-state index in [1.165, 1.54) is 18.2 Å². The molecule has 112 valence electrons. The average molecular weight is 362 g/mol. The third kappa shape index (κ3) is 3.63. The van der Waals surface area contributed by atoms with E-state index in [0.717, 1.165) is 12.1 Å². The maximum absolute atomic E-state index is 13.4. The second kappa shape index (κ2) is 5.77. The quantitative estimate of drug-likeness (QED) is 0.751. The minimum absolute atomic E-state index is 0.0873. The highest BCUT2D eigenvalue weighted by atomic mass is 79.9. The molecule has 0 saturated carbocycles. The van der Waals surface area contributed by atoms with Crippen LogP contribution in [0.15, 0.2) is 40.9 Å². The third-order valence-corrected chi connectivity index (χ3v) is 3.57. The van der Waals surface area contributed by atoms with Gasteiger partial charge in [0.2, 0.25) is 0 Å². The lowest BCUT2D eigenvalue weighted by Crippen LogP contribution is -2.18. The lowest BCUT2D eigenvalue weighted by atomic mass is 9.94. The second-order valence-electron chi connectivity index (χ2n) is 4.77. The van der Waals surface area contributed by atoms with Crippen LogP contribution in [0.3, 0.4) is 0 Å². The molecule has 1 nitrogen and oxygen atoms in total. The molecule has 6 heteroatoms. The zero-order chi connectivity index (χ0) is 15.8. The van der Waals surface area contributed by atoms with Crippen molar-refractivity contribution >= 4 is 15.9 Å².